The van der Waals surface area contributed by atoms with Gasteiger partial charge in [-0.2, -0.15) is 0 Å². The summed E-state index contributed by atoms with van der Waals surface area (Å²) < 4.78 is 0. The summed E-state index contributed by atoms with van der Waals surface area (Å²) in [7, 11) is -1.54. The molecule has 1 fully saturated rings. The highest BCUT2D eigenvalue weighted by molar-refractivity contribution is 6.90. The maximum Gasteiger partial charge on any atom is 0.145 e. The van der Waals surface area contributed by atoms with Gasteiger partial charge >= 0.3 is 0 Å². The van der Waals surface area contributed by atoms with E-state index in [-0.39, 0.29) is 0 Å². The van der Waals surface area contributed by atoms with E-state index in [9.17, 15) is 0 Å². The number of hydrogen-bond acceptors (Lipinski definition) is 1. The van der Waals surface area contributed by atoms with Crippen LogP contribution in [0.5, 0.6) is 0 Å². The molecule has 1 N–H and O–H groups in total. The van der Waals surface area contributed by atoms with E-state index in [0.29, 0.717) is 35.1 Å². The SMILES string of the molecule is CC(C)[Si](C#CC1CC1CO)(C(C)C)C(C)C. The van der Waals surface area contributed by atoms with E-state index in [4.69, 9.17) is 5.11 Å². The standard InChI is InChI=1S/C15H28OSi/c1-11(2)17(12(3)4,13(5)6)8-7-14-9-15(14)10-16/h11-16H,9-10H2,1-6H3. The summed E-state index contributed by atoms with van der Waals surface area (Å²) in [5.74, 6) is 4.46. The van der Waals surface area contributed by atoms with Crippen molar-refractivity contribution in [3.63, 3.8) is 0 Å². The predicted octanol–water partition coefficient (Wildman–Crippen LogP) is 3.84. The van der Waals surface area contributed by atoms with Crippen LogP contribution in [0, 0.1) is 23.3 Å². The quantitative estimate of drug-likeness (QED) is 0.595. The third-order valence-corrected chi connectivity index (χ3v) is 10.8. The minimum atomic E-state index is -1.54. The Bertz CT molecular complexity index is 287. The monoisotopic (exact) mass is 252 g/mol. The van der Waals surface area contributed by atoms with Crippen molar-refractivity contribution in [1.29, 1.82) is 0 Å². The van der Waals surface area contributed by atoms with Crippen LogP contribution in [0.4, 0.5) is 0 Å². The molecule has 0 aromatic heterocycles. The molecule has 2 unspecified atom stereocenters. The summed E-state index contributed by atoms with van der Waals surface area (Å²) in [5.41, 5.74) is 5.86. The van der Waals surface area contributed by atoms with Crippen molar-refractivity contribution < 1.29 is 5.11 Å². The Morgan fingerprint density at radius 2 is 1.53 bits per heavy atom. The molecule has 1 saturated carbocycles. The van der Waals surface area contributed by atoms with Crippen molar-refractivity contribution in [3.8, 4) is 11.5 Å². The first-order chi connectivity index (χ1) is 7.86. The maximum atomic E-state index is 9.08. The minimum Gasteiger partial charge on any atom is -0.396 e. The van der Waals surface area contributed by atoms with E-state index in [0.717, 1.165) is 6.42 Å². The highest BCUT2D eigenvalue weighted by Gasteiger charge is 2.42. The zero-order valence-electron chi connectivity index (χ0n) is 12.2. The van der Waals surface area contributed by atoms with Gasteiger partial charge in [0.2, 0.25) is 0 Å². The van der Waals surface area contributed by atoms with Crippen LogP contribution in [0.3, 0.4) is 0 Å². The van der Waals surface area contributed by atoms with Gasteiger partial charge in [-0.05, 0) is 29.0 Å². The molecule has 0 amide bonds. The van der Waals surface area contributed by atoms with Gasteiger partial charge in [0.15, 0.2) is 0 Å². The zero-order chi connectivity index (χ0) is 13.2. The molecule has 1 nitrogen and oxygen atoms in total. The third-order valence-electron chi connectivity index (χ3n) is 4.50. The smallest absolute Gasteiger partial charge is 0.145 e. The lowest BCUT2D eigenvalue weighted by molar-refractivity contribution is 0.273. The maximum absolute atomic E-state index is 9.08. The second-order valence-electron chi connectivity index (χ2n) is 6.45. The topological polar surface area (TPSA) is 20.2 Å². The van der Waals surface area contributed by atoms with Crippen LogP contribution in [-0.2, 0) is 0 Å². The molecule has 0 aromatic carbocycles. The van der Waals surface area contributed by atoms with E-state index >= 15 is 0 Å². The molecule has 1 aliphatic carbocycles. The fourth-order valence-electron chi connectivity index (χ4n) is 3.28. The molecule has 1 rings (SSSR count). The highest BCUT2D eigenvalue weighted by atomic mass is 28.3. The Morgan fingerprint density at radius 3 is 1.82 bits per heavy atom. The first-order valence-corrected chi connectivity index (χ1v) is 9.23. The Labute approximate surface area is 108 Å². The van der Waals surface area contributed by atoms with Crippen LogP contribution in [0.2, 0.25) is 16.6 Å². The fraction of sp³-hybridized carbons (Fsp3) is 0.867. The molecule has 0 aromatic rings. The summed E-state index contributed by atoms with van der Waals surface area (Å²) in [6.07, 6.45) is 1.11. The molecular weight excluding hydrogens is 224 g/mol. The average Bonchev–Trinajstić information content (AvgIpc) is 2.95. The lowest BCUT2D eigenvalue weighted by Gasteiger charge is -2.38. The minimum absolute atomic E-state index is 0.318. The highest BCUT2D eigenvalue weighted by Crippen LogP contribution is 2.42. The molecule has 1 aliphatic rings. The predicted molar refractivity (Wildman–Crippen MR) is 77.5 cm³/mol. The van der Waals surface area contributed by atoms with Crippen molar-refractivity contribution in [2.45, 2.75) is 64.6 Å². The van der Waals surface area contributed by atoms with Crippen molar-refractivity contribution in [1.82, 2.24) is 0 Å². The van der Waals surface area contributed by atoms with Crippen molar-refractivity contribution in [2.75, 3.05) is 6.61 Å². The molecule has 0 bridgehead atoms. The van der Waals surface area contributed by atoms with Crippen molar-refractivity contribution >= 4 is 8.07 Å². The van der Waals surface area contributed by atoms with Crippen LogP contribution in [0.1, 0.15) is 48.0 Å². The molecule has 2 heteroatoms. The van der Waals surface area contributed by atoms with Crippen LogP contribution >= 0.6 is 0 Å². The van der Waals surface area contributed by atoms with Gasteiger partial charge in [0, 0.05) is 12.5 Å². The first-order valence-electron chi connectivity index (χ1n) is 6.99. The molecule has 0 aliphatic heterocycles. The summed E-state index contributed by atoms with van der Waals surface area (Å²) in [5, 5.41) is 9.08. The Hall–Kier alpha value is -0.263. The van der Waals surface area contributed by atoms with Gasteiger partial charge in [-0.15, -0.1) is 11.5 Å². The molecular formula is C15H28OSi. The number of aliphatic hydroxyl groups excluding tert-OH is 1. The van der Waals surface area contributed by atoms with Gasteiger partial charge < -0.3 is 5.11 Å². The molecule has 0 spiro atoms. The Balaban J connectivity index is 2.91. The summed E-state index contributed by atoms with van der Waals surface area (Å²) in [4.78, 5) is 0. The van der Waals surface area contributed by atoms with E-state index in [2.05, 4.69) is 53.0 Å². The van der Waals surface area contributed by atoms with E-state index in [1.54, 1.807) is 0 Å². The molecule has 17 heavy (non-hydrogen) atoms. The average molecular weight is 252 g/mol. The van der Waals surface area contributed by atoms with Crippen molar-refractivity contribution in [3.05, 3.63) is 0 Å². The third kappa shape index (κ3) is 2.95. The lowest BCUT2D eigenvalue weighted by atomic mass is 10.3. The van der Waals surface area contributed by atoms with Crippen LogP contribution < -0.4 is 0 Å². The van der Waals surface area contributed by atoms with Gasteiger partial charge in [0.25, 0.3) is 0 Å². The molecule has 98 valence electrons. The Morgan fingerprint density at radius 1 is 1.06 bits per heavy atom. The second kappa shape index (κ2) is 5.59. The summed E-state index contributed by atoms with van der Waals surface area (Å²) in [6, 6.07) is 0. The van der Waals surface area contributed by atoms with E-state index in [1.165, 1.54) is 0 Å². The first kappa shape index (κ1) is 14.8. The van der Waals surface area contributed by atoms with Crippen LogP contribution in [0.15, 0.2) is 0 Å². The lowest BCUT2D eigenvalue weighted by Crippen LogP contribution is -2.43. The summed E-state index contributed by atoms with van der Waals surface area (Å²) >= 11 is 0. The molecule has 2 atom stereocenters. The van der Waals surface area contributed by atoms with Crippen LogP contribution in [0.25, 0.3) is 0 Å². The number of hydrogen-bond donors (Lipinski definition) is 1. The van der Waals surface area contributed by atoms with Gasteiger partial charge in [0.1, 0.15) is 8.07 Å². The zero-order valence-corrected chi connectivity index (χ0v) is 13.2. The van der Waals surface area contributed by atoms with E-state index < -0.39 is 8.07 Å². The van der Waals surface area contributed by atoms with Gasteiger partial charge in [-0.1, -0.05) is 41.5 Å². The van der Waals surface area contributed by atoms with E-state index in [1.807, 2.05) is 0 Å². The second-order valence-corrected chi connectivity index (χ2v) is 12.0. The fourth-order valence-corrected chi connectivity index (χ4v) is 8.58. The summed E-state index contributed by atoms with van der Waals surface area (Å²) in [6.45, 7) is 14.4. The molecule has 0 heterocycles. The van der Waals surface area contributed by atoms with Gasteiger partial charge in [0.05, 0.1) is 0 Å². The number of rotatable bonds is 4. The van der Waals surface area contributed by atoms with Crippen molar-refractivity contribution in [2.24, 2.45) is 11.8 Å². The molecule has 0 radical (unpaired) electrons. The Kier molecular flexibility index (Phi) is 4.86. The van der Waals surface area contributed by atoms with Gasteiger partial charge in [-0.25, -0.2) is 0 Å². The van der Waals surface area contributed by atoms with Crippen LogP contribution in [-0.4, -0.2) is 19.8 Å². The van der Waals surface area contributed by atoms with Gasteiger partial charge in [-0.3, -0.25) is 0 Å². The normalized spacial score (nSPS) is 24.1. The largest absolute Gasteiger partial charge is 0.396 e. The number of aliphatic hydroxyl groups is 1. The molecule has 0 saturated heterocycles.